The van der Waals surface area contributed by atoms with Crippen molar-refractivity contribution < 1.29 is 4.79 Å². The van der Waals surface area contributed by atoms with Crippen molar-refractivity contribution in [1.29, 1.82) is 0 Å². The molecule has 1 saturated carbocycles. The van der Waals surface area contributed by atoms with E-state index in [1.165, 1.54) is 30.6 Å². The average Bonchev–Trinajstić information content (AvgIpc) is 3.31. The van der Waals surface area contributed by atoms with Gasteiger partial charge in [0.2, 0.25) is 0 Å². The zero-order valence-electron chi connectivity index (χ0n) is 13.5. The summed E-state index contributed by atoms with van der Waals surface area (Å²) >= 11 is 1.72. The lowest BCUT2D eigenvalue weighted by Gasteiger charge is -2.28. The molecule has 5 heteroatoms. The summed E-state index contributed by atoms with van der Waals surface area (Å²) < 4.78 is 0. The second kappa shape index (κ2) is 6.11. The zero-order chi connectivity index (χ0) is 15.8. The fraction of sp³-hybridized carbons (Fsp3) is 0.556. The van der Waals surface area contributed by atoms with E-state index in [4.69, 9.17) is 0 Å². The molecule has 0 bridgehead atoms. The van der Waals surface area contributed by atoms with Crippen molar-refractivity contribution in [3.8, 4) is 10.6 Å². The largest absolute Gasteiger partial charge is 0.334 e. The molecule has 122 valence electrons. The fourth-order valence-corrected chi connectivity index (χ4v) is 4.99. The molecule has 1 atom stereocenters. The summed E-state index contributed by atoms with van der Waals surface area (Å²) in [5.41, 5.74) is 1.51. The van der Waals surface area contributed by atoms with Gasteiger partial charge in [-0.2, -0.15) is 5.10 Å². The number of hydrogen-bond donors (Lipinski definition) is 1. The number of likely N-dealkylation sites (tertiary alicyclic amines) is 1. The van der Waals surface area contributed by atoms with E-state index in [1.54, 1.807) is 11.3 Å². The molecule has 1 amide bonds. The van der Waals surface area contributed by atoms with Gasteiger partial charge in [-0.1, -0.05) is 12.8 Å². The summed E-state index contributed by atoms with van der Waals surface area (Å²) in [4.78, 5) is 17.4. The first-order valence-electron chi connectivity index (χ1n) is 8.65. The summed E-state index contributed by atoms with van der Waals surface area (Å²) in [5.74, 6) is 0.815. The molecule has 4 rings (SSSR count). The number of aryl methyl sites for hydroxylation is 1. The lowest BCUT2D eigenvalue weighted by Crippen LogP contribution is -2.39. The van der Waals surface area contributed by atoms with Gasteiger partial charge in [-0.05, 0) is 56.7 Å². The van der Waals surface area contributed by atoms with Gasteiger partial charge in [-0.3, -0.25) is 9.89 Å². The van der Waals surface area contributed by atoms with Gasteiger partial charge in [0.15, 0.2) is 5.69 Å². The number of carbonyl (C=O) groups excluding carboxylic acids is 1. The third kappa shape index (κ3) is 2.82. The summed E-state index contributed by atoms with van der Waals surface area (Å²) in [6, 6.07) is 6.53. The normalized spacial score (nSPS) is 22.1. The van der Waals surface area contributed by atoms with Crippen LogP contribution in [0.1, 0.15) is 53.9 Å². The molecular weight excluding hydrogens is 306 g/mol. The number of rotatable bonds is 3. The number of aromatic nitrogens is 2. The maximum atomic E-state index is 12.9. The number of hydrogen-bond acceptors (Lipinski definition) is 3. The molecule has 3 heterocycles. The summed E-state index contributed by atoms with van der Waals surface area (Å²) in [5, 5.41) is 7.33. The molecule has 2 aromatic rings. The molecule has 0 aromatic carbocycles. The Bertz CT molecular complexity index is 699. The Hall–Kier alpha value is -1.62. The molecule has 0 radical (unpaired) electrons. The first-order valence-corrected chi connectivity index (χ1v) is 9.47. The second-order valence-electron chi connectivity index (χ2n) is 6.83. The van der Waals surface area contributed by atoms with Gasteiger partial charge in [0, 0.05) is 17.5 Å². The second-order valence-corrected chi connectivity index (χ2v) is 8.12. The molecule has 23 heavy (non-hydrogen) atoms. The highest BCUT2D eigenvalue weighted by Crippen LogP contribution is 2.36. The van der Waals surface area contributed by atoms with Gasteiger partial charge in [0.25, 0.3) is 5.91 Å². The lowest BCUT2D eigenvalue weighted by molar-refractivity contribution is 0.0683. The highest BCUT2D eigenvalue weighted by Gasteiger charge is 2.36. The number of aromatic amines is 1. The summed E-state index contributed by atoms with van der Waals surface area (Å²) in [6.07, 6.45) is 7.52. The van der Waals surface area contributed by atoms with Crippen LogP contribution >= 0.6 is 11.3 Å². The van der Waals surface area contributed by atoms with E-state index in [9.17, 15) is 4.79 Å². The molecule has 4 nitrogen and oxygen atoms in total. The van der Waals surface area contributed by atoms with Crippen LogP contribution in [0.2, 0.25) is 0 Å². The van der Waals surface area contributed by atoms with E-state index in [0.717, 1.165) is 30.0 Å². The van der Waals surface area contributed by atoms with Crippen molar-refractivity contribution in [2.75, 3.05) is 6.54 Å². The van der Waals surface area contributed by atoms with Crippen LogP contribution in [0.25, 0.3) is 10.6 Å². The monoisotopic (exact) mass is 329 g/mol. The first-order chi connectivity index (χ1) is 11.2. The number of thiophene rings is 1. The van der Waals surface area contributed by atoms with E-state index >= 15 is 0 Å². The van der Waals surface area contributed by atoms with E-state index in [-0.39, 0.29) is 5.91 Å². The molecule has 1 aliphatic heterocycles. The lowest BCUT2D eigenvalue weighted by atomic mass is 9.96. The first kappa shape index (κ1) is 14.9. The SMILES string of the molecule is Cc1ccc(-c2cc(C(=O)N3CCCC3C3CCCC3)n[nH]2)s1. The Kier molecular flexibility index (Phi) is 3.97. The average molecular weight is 329 g/mol. The third-order valence-electron chi connectivity index (χ3n) is 5.31. The fourth-order valence-electron chi connectivity index (χ4n) is 4.16. The Morgan fingerprint density at radius 3 is 2.83 bits per heavy atom. The Morgan fingerprint density at radius 1 is 1.26 bits per heavy atom. The van der Waals surface area contributed by atoms with Gasteiger partial charge < -0.3 is 4.90 Å². The van der Waals surface area contributed by atoms with E-state index < -0.39 is 0 Å². The molecular formula is C18H23N3OS. The van der Waals surface area contributed by atoms with Crippen molar-refractivity contribution in [1.82, 2.24) is 15.1 Å². The topological polar surface area (TPSA) is 49.0 Å². The van der Waals surface area contributed by atoms with Crippen molar-refractivity contribution >= 4 is 17.2 Å². The van der Waals surface area contributed by atoms with Crippen LogP contribution in [-0.2, 0) is 0 Å². The quantitative estimate of drug-likeness (QED) is 0.915. The highest BCUT2D eigenvalue weighted by atomic mass is 32.1. The Morgan fingerprint density at radius 2 is 2.09 bits per heavy atom. The van der Waals surface area contributed by atoms with Crippen molar-refractivity contribution in [2.24, 2.45) is 5.92 Å². The molecule has 0 spiro atoms. The standard InChI is InChI=1S/C18H23N3OS/c1-12-8-9-17(23-12)14-11-15(20-19-14)18(22)21-10-4-7-16(21)13-5-2-3-6-13/h8-9,11,13,16H,2-7,10H2,1H3,(H,19,20). The van der Waals surface area contributed by atoms with Gasteiger partial charge in [-0.15, -0.1) is 11.3 Å². The van der Waals surface area contributed by atoms with Crippen LogP contribution < -0.4 is 0 Å². The van der Waals surface area contributed by atoms with Crippen LogP contribution in [0, 0.1) is 12.8 Å². The number of H-pyrrole nitrogens is 1. The molecule has 2 fully saturated rings. The minimum Gasteiger partial charge on any atom is -0.334 e. The molecule has 1 N–H and O–H groups in total. The van der Waals surface area contributed by atoms with E-state index in [0.29, 0.717) is 17.7 Å². The predicted octanol–water partition coefficient (Wildman–Crippen LogP) is 4.24. The van der Waals surface area contributed by atoms with Crippen molar-refractivity contribution in [3.63, 3.8) is 0 Å². The summed E-state index contributed by atoms with van der Waals surface area (Å²) in [6.45, 7) is 2.98. The predicted molar refractivity (Wildman–Crippen MR) is 92.7 cm³/mol. The zero-order valence-corrected chi connectivity index (χ0v) is 14.4. The van der Waals surface area contributed by atoms with Gasteiger partial charge >= 0.3 is 0 Å². The third-order valence-corrected chi connectivity index (χ3v) is 6.34. The smallest absolute Gasteiger partial charge is 0.274 e. The Balaban J connectivity index is 1.53. The number of nitrogens with one attached hydrogen (secondary N) is 1. The molecule has 2 aromatic heterocycles. The van der Waals surface area contributed by atoms with Crippen LogP contribution in [0.5, 0.6) is 0 Å². The van der Waals surface area contributed by atoms with E-state index in [2.05, 4.69) is 34.2 Å². The van der Waals surface area contributed by atoms with Crippen LogP contribution in [0.4, 0.5) is 0 Å². The highest BCUT2D eigenvalue weighted by molar-refractivity contribution is 7.15. The Labute approximate surface area is 140 Å². The van der Waals surface area contributed by atoms with Crippen LogP contribution in [0.3, 0.4) is 0 Å². The maximum Gasteiger partial charge on any atom is 0.274 e. The minimum absolute atomic E-state index is 0.107. The number of nitrogens with zero attached hydrogens (tertiary/aromatic N) is 2. The van der Waals surface area contributed by atoms with Gasteiger partial charge in [0.1, 0.15) is 0 Å². The van der Waals surface area contributed by atoms with Crippen LogP contribution in [0.15, 0.2) is 18.2 Å². The van der Waals surface area contributed by atoms with Crippen LogP contribution in [-0.4, -0.2) is 33.6 Å². The summed E-state index contributed by atoms with van der Waals surface area (Å²) in [7, 11) is 0. The minimum atomic E-state index is 0.107. The molecule has 2 aliphatic rings. The van der Waals surface area contributed by atoms with Crippen molar-refractivity contribution in [2.45, 2.75) is 51.5 Å². The molecule has 1 unspecified atom stereocenters. The van der Waals surface area contributed by atoms with Gasteiger partial charge in [-0.25, -0.2) is 0 Å². The number of carbonyl (C=O) groups is 1. The maximum absolute atomic E-state index is 12.9. The van der Waals surface area contributed by atoms with E-state index in [1.807, 2.05) is 6.07 Å². The molecule has 1 aliphatic carbocycles. The molecule has 1 saturated heterocycles. The van der Waals surface area contributed by atoms with Gasteiger partial charge in [0.05, 0.1) is 10.6 Å². The number of amides is 1. The van der Waals surface area contributed by atoms with Crippen molar-refractivity contribution in [3.05, 3.63) is 28.8 Å².